The third-order valence-corrected chi connectivity index (χ3v) is 1.81. The van der Waals surface area contributed by atoms with E-state index in [4.69, 9.17) is 22.7 Å². The number of hydrogen-bond donors (Lipinski definition) is 0. The molecule has 0 aliphatic heterocycles. The Morgan fingerprint density at radius 1 is 1.20 bits per heavy atom. The molecule has 0 saturated carbocycles. The van der Waals surface area contributed by atoms with Gasteiger partial charge in [-0.05, 0) is 11.1 Å². The molecule has 0 amide bonds. The molecule has 0 saturated heterocycles. The van der Waals surface area contributed by atoms with E-state index in [2.05, 4.69) is 20.1 Å². The van der Waals surface area contributed by atoms with Crippen molar-refractivity contribution in [1.82, 2.24) is 0 Å². The number of azide groups is 2. The van der Waals surface area contributed by atoms with Gasteiger partial charge in [0.2, 0.25) is 11.6 Å². The summed E-state index contributed by atoms with van der Waals surface area (Å²) in [6, 6.07) is 0. The number of ketones is 2. The summed E-state index contributed by atoms with van der Waals surface area (Å²) < 4.78 is 0. The summed E-state index contributed by atoms with van der Waals surface area (Å²) in [6.45, 7) is 0. The normalized spacial score (nSPS) is 15.4. The minimum Gasteiger partial charge on any atom is -0.286 e. The molecule has 15 heavy (non-hydrogen) atoms. The largest absolute Gasteiger partial charge is 0.286 e. The SMILES string of the molecule is [N-]=[N+]=NC1=CC(=O)C(=O)C(N=[N+]=[N-])=C1Cl. The maximum atomic E-state index is 11.1. The smallest absolute Gasteiger partial charge is 0.236 e. The fraction of sp³-hybridized carbons (Fsp3) is 0. The second-order valence-corrected chi connectivity index (χ2v) is 2.64. The van der Waals surface area contributed by atoms with Crippen LogP contribution in [0.4, 0.5) is 0 Å². The van der Waals surface area contributed by atoms with E-state index in [-0.39, 0.29) is 10.7 Å². The molecule has 0 aromatic heterocycles. The lowest BCUT2D eigenvalue weighted by Crippen LogP contribution is -2.18. The molecule has 0 spiro atoms. The van der Waals surface area contributed by atoms with Crippen LogP contribution in [0.25, 0.3) is 20.9 Å². The summed E-state index contributed by atoms with van der Waals surface area (Å²) in [5, 5.41) is 5.70. The molecule has 1 aliphatic rings. The highest BCUT2D eigenvalue weighted by molar-refractivity contribution is 6.52. The van der Waals surface area contributed by atoms with Crippen LogP contribution in [0, 0.1) is 0 Å². The Bertz CT molecular complexity index is 506. The summed E-state index contributed by atoms with van der Waals surface area (Å²) in [5.41, 5.74) is 15.5. The lowest BCUT2D eigenvalue weighted by atomic mass is 10.1. The molecular weight excluding hydrogens is 224 g/mol. The van der Waals surface area contributed by atoms with Crippen LogP contribution in [0.1, 0.15) is 0 Å². The van der Waals surface area contributed by atoms with E-state index < -0.39 is 17.3 Å². The topological polar surface area (TPSA) is 132 Å². The van der Waals surface area contributed by atoms with Crippen LogP contribution >= 0.6 is 11.6 Å². The van der Waals surface area contributed by atoms with Crippen LogP contribution < -0.4 is 0 Å². The molecule has 0 heterocycles. The second kappa shape index (κ2) is 4.30. The monoisotopic (exact) mass is 224 g/mol. The molecule has 9 heteroatoms. The number of nitrogens with zero attached hydrogens (tertiary/aromatic N) is 6. The molecule has 1 rings (SSSR count). The van der Waals surface area contributed by atoms with Gasteiger partial charge in [0, 0.05) is 15.9 Å². The Morgan fingerprint density at radius 3 is 2.33 bits per heavy atom. The number of halogens is 1. The van der Waals surface area contributed by atoms with Crippen LogP contribution in [0.15, 0.2) is 32.7 Å². The van der Waals surface area contributed by atoms with E-state index >= 15 is 0 Å². The average molecular weight is 225 g/mol. The third-order valence-electron chi connectivity index (χ3n) is 1.44. The summed E-state index contributed by atoms with van der Waals surface area (Å²) in [5.74, 6) is -1.99. The van der Waals surface area contributed by atoms with Crippen LogP contribution in [-0.4, -0.2) is 11.6 Å². The van der Waals surface area contributed by atoms with Gasteiger partial charge in [-0.25, -0.2) is 0 Å². The van der Waals surface area contributed by atoms with Gasteiger partial charge in [-0.3, -0.25) is 9.59 Å². The number of hydrogen-bond acceptors (Lipinski definition) is 4. The van der Waals surface area contributed by atoms with Crippen molar-refractivity contribution in [1.29, 1.82) is 0 Å². The maximum Gasteiger partial charge on any atom is 0.236 e. The van der Waals surface area contributed by atoms with Crippen molar-refractivity contribution in [2.75, 3.05) is 0 Å². The van der Waals surface area contributed by atoms with Gasteiger partial charge < -0.3 is 0 Å². The fourth-order valence-electron chi connectivity index (χ4n) is 0.846. The van der Waals surface area contributed by atoms with Gasteiger partial charge in [0.25, 0.3) is 0 Å². The number of allylic oxidation sites excluding steroid dienone is 3. The zero-order valence-electron chi connectivity index (χ0n) is 6.96. The van der Waals surface area contributed by atoms with Crippen molar-refractivity contribution in [3.8, 4) is 0 Å². The summed E-state index contributed by atoms with van der Waals surface area (Å²) in [6.07, 6.45) is 0.779. The van der Waals surface area contributed by atoms with Crippen LogP contribution in [0.2, 0.25) is 0 Å². The van der Waals surface area contributed by atoms with Crippen molar-refractivity contribution in [2.24, 2.45) is 10.2 Å². The Labute approximate surface area is 87.1 Å². The predicted octanol–water partition coefficient (Wildman–Crippen LogP) is 2.09. The van der Waals surface area contributed by atoms with Gasteiger partial charge in [-0.15, -0.1) is 0 Å². The number of Topliss-reactive ketones (excluding diaryl/α,β-unsaturated/α-hetero) is 1. The average Bonchev–Trinajstić information content (AvgIpc) is 2.21. The fourth-order valence-corrected chi connectivity index (χ4v) is 1.06. The van der Waals surface area contributed by atoms with Crippen molar-refractivity contribution in [2.45, 2.75) is 0 Å². The number of carbonyl (C=O) groups excluding carboxylic acids is 2. The van der Waals surface area contributed by atoms with Crippen molar-refractivity contribution in [3.05, 3.63) is 43.4 Å². The van der Waals surface area contributed by atoms with Crippen LogP contribution in [0.5, 0.6) is 0 Å². The summed E-state index contributed by atoms with van der Waals surface area (Å²) in [7, 11) is 0. The molecule has 0 N–H and O–H groups in total. The third kappa shape index (κ3) is 1.97. The molecule has 0 bridgehead atoms. The molecule has 0 atom stereocenters. The Kier molecular flexibility index (Phi) is 3.10. The van der Waals surface area contributed by atoms with Gasteiger partial charge in [-0.2, -0.15) is 0 Å². The minimum atomic E-state index is -1.03. The minimum absolute atomic E-state index is 0.244. The van der Waals surface area contributed by atoms with E-state index in [1.807, 2.05) is 0 Å². The molecule has 1 aliphatic carbocycles. The van der Waals surface area contributed by atoms with E-state index in [0.29, 0.717) is 0 Å². The van der Waals surface area contributed by atoms with Crippen molar-refractivity contribution < 1.29 is 9.59 Å². The van der Waals surface area contributed by atoms with E-state index in [1.54, 1.807) is 0 Å². The molecule has 8 nitrogen and oxygen atoms in total. The first-order valence-electron chi connectivity index (χ1n) is 3.42. The standard InChI is InChI=1S/C6HClN6O2/c7-4-2(10-12-8)1-3(14)6(15)5(4)11-13-9/h1H. The first kappa shape index (κ1) is 10.8. The Balaban J connectivity index is 3.42. The Hall–Kier alpha value is -2.27. The highest BCUT2D eigenvalue weighted by Crippen LogP contribution is 2.26. The number of rotatable bonds is 2. The second-order valence-electron chi connectivity index (χ2n) is 2.26. The molecule has 0 fully saturated rings. The number of carbonyl (C=O) groups is 2. The van der Waals surface area contributed by atoms with Gasteiger partial charge in [0.05, 0.1) is 10.7 Å². The lowest BCUT2D eigenvalue weighted by Gasteiger charge is -2.07. The van der Waals surface area contributed by atoms with Crippen LogP contribution in [-0.2, 0) is 9.59 Å². The van der Waals surface area contributed by atoms with E-state index in [0.717, 1.165) is 6.08 Å². The molecule has 0 aromatic carbocycles. The molecule has 0 unspecified atom stereocenters. The highest BCUT2D eigenvalue weighted by atomic mass is 35.5. The van der Waals surface area contributed by atoms with Gasteiger partial charge in [0.1, 0.15) is 5.70 Å². The van der Waals surface area contributed by atoms with E-state index in [1.165, 1.54) is 0 Å². The first-order valence-corrected chi connectivity index (χ1v) is 3.80. The highest BCUT2D eigenvalue weighted by Gasteiger charge is 2.26. The lowest BCUT2D eigenvalue weighted by molar-refractivity contribution is -0.131. The molecule has 74 valence electrons. The summed E-state index contributed by atoms with van der Waals surface area (Å²) in [4.78, 5) is 26.9. The van der Waals surface area contributed by atoms with Gasteiger partial charge >= 0.3 is 0 Å². The van der Waals surface area contributed by atoms with Crippen LogP contribution in [0.3, 0.4) is 0 Å². The predicted molar refractivity (Wildman–Crippen MR) is 49.3 cm³/mol. The van der Waals surface area contributed by atoms with Crippen molar-refractivity contribution >= 4 is 23.2 Å². The maximum absolute atomic E-state index is 11.1. The van der Waals surface area contributed by atoms with E-state index in [9.17, 15) is 9.59 Å². The zero-order valence-corrected chi connectivity index (χ0v) is 7.71. The van der Waals surface area contributed by atoms with Gasteiger partial charge in [0.15, 0.2) is 0 Å². The summed E-state index contributed by atoms with van der Waals surface area (Å²) >= 11 is 5.57. The molecule has 0 radical (unpaired) electrons. The van der Waals surface area contributed by atoms with Crippen molar-refractivity contribution in [3.63, 3.8) is 0 Å². The quantitative estimate of drug-likeness (QED) is 0.234. The molecule has 0 aromatic rings. The molecular formula is C6HClN6O2. The Morgan fingerprint density at radius 2 is 1.80 bits per heavy atom. The zero-order chi connectivity index (χ0) is 11.4. The first-order chi connectivity index (χ1) is 7.11. The van der Waals surface area contributed by atoms with Gasteiger partial charge in [-0.1, -0.05) is 21.8 Å².